The normalized spacial score (nSPS) is 10.9. The van der Waals surface area contributed by atoms with Crippen LogP contribution in [0.2, 0.25) is 0 Å². The molecule has 0 aliphatic rings. The van der Waals surface area contributed by atoms with Crippen LogP contribution in [0.1, 0.15) is 11.1 Å². The van der Waals surface area contributed by atoms with E-state index in [1.807, 2.05) is 12.1 Å². The van der Waals surface area contributed by atoms with Crippen LogP contribution in [0, 0.1) is 13.8 Å². The molecule has 59 valence electrons. The van der Waals surface area contributed by atoms with E-state index >= 15 is 0 Å². The van der Waals surface area contributed by atoms with Gasteiger partial charge in [-0.2, -0.15) is 0 Å². The van der Waals surface area contributed by atoms with E-state index in [0.717, 1.165) is 11.0 Å². The molecule has 0 fully saturated rings. The first kappa shape index (κ1) is 7.62. The van der Waals surface area contributed by atoms with Crippen molar-refractivity contribution in [3.8, 4) is 0 Å². The molecule has 1 heterocycles. The Bertz CT molecular complexity index is 429. The lowest BCUT2D eigenvalue weighted by Crippen LogP contribution is -2.00. The van der Waals surface area contributed by atoms with Crippen molar-refractivity contribution in [3.63, 3.8) is 0 Å². The predicted molar refractivity (Wildman–Crippen MR) is 51.1 cm³/mol. The Hall–Kier alpha value is -1.02. The van der Waals surface area contributed by atoms with Gasteiger partial charge in [-0.1, -0.05) is 12.1 Å². The molecule has 0 amide bonds. The lowest BCUT2D eigenvalue weighted by Gasteiger charge is -1.93. The second-order valence-corrected chi connectivity index (χ2v) is 3.46. The molecule has 3 radical (unpaired) electrons. The standard InChI is InChI=1S/C10H9OSi/c1-6-4-3-5-8-9(6)7(2)10(12)11-8/h3-5H,1-2H3. The summed E-state index contributed by atoms with van der Waals surface area (Å²) in [5.41, 5.74) is 3.40. The maximum absolute atomic E-state index is 5.49. The number of fused-ring (bicyclic) bond motifs is 1. The predicted octanol–water partition coefficient (Wildman–Crippen LogP) is 1.84. The third-order valence-electron chi connectivity index (χ3n) is 2.16. The highest BCUT2D eigenvalue weighted by Crippen LogP contribution is 2.21. The summed E-state index contributed by atoms with van der Waals surface area (Å²) in [7, 11) is 3.43. The molecule has 2 rings (SSSR count). The van der Waals surface area contributed by atoms with Gasteiger partial charge in [-0.25, -0.2) is 0 Å². The maximum atomic E-state index is 5.49. The molecule has 1 nitrogen and oxygen atoms in total. The number of benzene rings is 1. The molecule has 0 atom stereocenters. The highest BCUT2D eigenvalue weighted by Gasteiger charge is 2.07. The van der Waals surface area contributed by atoms with E-state index in [9.17, 15) is 0 Å². The van der Waals surface area contributed by atoms with Crippen LogP contribution in [-0.2, 0) is 0 Å². The maximum Gasteiger partial charge on any atom is 0.134 e. The molecule has 0 aliphatic heterocycles. The Balaban J connectivity index is 2.97. The van der Waals surface area contributed by atoms with Crippen molar-refractivity contribution in [1.82, 2.24) is 0 Å². The van der Waals surface area contributed by atoms with E-state index in [1.54, 1.807) is 0 Å². The fourth-order valence-electron chi connectivity index (χ4n) is 1.51. The van der Waals surface area contributed by atoms with Crippen LogP contribution >= 0.6 is 0 Å². The quantitative estimate of drug-likeness (QED) is 0.554. The topological polar surface area (TPSA) is 13.1 Å². The van der Waals surface area contributed by atoms with Crippen LogP contribution in [0.25, 0.3) is 11.0 Å². The Morgan fingerprint density at radius 3 is 2.67 bits per heavy atom. The van der Waals surface area contributed by atoms with E-state index < -0.39 is 0 Å². The summed E-state index contributed by atoms with van der Waals surface area (Å²) in [6.45, 7) is 4.15. The van der Waals surface area contributed by atoms with Gasteiger partial charge in [0.2, 0.25) is 0 Å². The third kappa shape index (κ3) is 0.916. The molecule has 0 saturated carbocycles. The lowest BCUT2D eigenvalue weighted by molar-refractivity contribution is 0.651. The number of furan rings is 1. The van der Waals surface area contributed by atoms with Crippen molar-refractivity contribution < 1.29 is 4.42 Å². The van der Waals surface area contributed by atoms with E-state index in [4.69, 9.17) is 4.42 Å². The van der Waals surface area contributed by atoms with Crippen LogP contribution in [0.5, 0.6) is 0 Å². The van der Waals surface area contributed by atoms with E-state index in [1.165, 1.54) is 16.5 Å². The molecule has 12 heavy (non-hydrogen) atoms. The van der Waals surface area contributed by atoms with Gasteiger partial charge in [-0.15, -0.1) is 0 Å². The van der Waals surface area contributed by atoms with Crippen LogP contribution in [0.3, 0.4) is 0 Å². The summed E-state index contributed by atoms with van der Waals surface area (Å²) in [6, 6.07) is 6.09. The van der Waals surface area contributed by atoms with Crippen molar-refractivity contribution in [2.24, 2.45) is 0 Å². The molecule has 0 saturated heterocycles. The molecule has 1 aromatic heterocycles. The van der Waals surface area contributed by atoms with Gasteiger partial charge in [0.1, 0.15) is 15.8 Å². The molecule has 0 unspecified atom stereocenters. The fourth-order valence-corrected chi connectivity index (χ4v) is 1.74. The lowest BCUT2D eigenvalue weighted by atomic mass is 10.1. The van der Waals surface area contributed by atoms with Gasteiger partial charge >= 0.3 is 0 Å². The van der Waals surface area contributed by atoms with Crippen LogP contribution in [-0.4, -0.2) is 10.2 Å². The largest absolute Gasteiger partial charge is 0.467 e. The fraction of sp³-hybridized carbons (Fsp3) is 0.200. The highest BCUT2D eigenvalue weighted by molar-refractivity contribution is 6.32. The van der Waals surface area contributed by atoms with Gasteiger partial charge in [-0.3, -0.25) is 0 Å². The van der Waals surface area contributed by atoms with Crippen molar-refractivity contribution in [1.29, 1.82) is 0 Å². The molecule has 1 aromatic carbocycles. The van der Waals surface area contributed by atoms with E-state index in [2.05, 4.69) is 30.2 Å². The van der Waals surface area contributed by atoms with Gasteiger partial charge in [0.25, 0.3) is 0 Å². The zero-order chi connectivity index (χ0) is 8.72. The summed E-state index contributed by atoms with van der Waals surface area (Å²) in [5, 5.41) is 2.06. The third-order valence-corrected chi connectivity index (χ3v) is 2.64. The van der Waals surface area contributed by atoms with Crippen molar-refractivity contribution in [2.75, 3.05) is 0 Å². The molecule has 0 bridgehead atoms. The molecule has 0 spiro atoms. The average Bonchev–Trinajstić information content (AvgIpc) is 2.29. The Kier molecular flexibility index (Phi) is 1.58. The summed E-state index contributed by atoms with van der Waals surface area (Å²) in [4.78, 5) is 0. The Morgan fingerprint density at radius 2 is 2.00 bits per heavy atom. The van der Waals surface area contributed by atoms with Gasteiger partial charge in [0.05, 0.1) is 5.38 Å². The monoisotopic (exact) mass is 173 g/mol. The molecule has 2 aromatic rings. The van der Waals surface area contributed by atoms with Crippen LogP contribution < -0.4 is 5.38 Å². The number of rotatable bonds is 0. The summed E-state index contributed by atoms with van der Waals surface area (Å²) < 4.78 is 5.49. The van der Waals surface area contributed by atoms with E-state index in [-0.39, 0.29) is 0 Å². The van der Waals surface area contributed by atoms with Gasteiger partial charge in [-0.05, 0) is 31.0 Å². The van der Waals surface area contributed by atoms with Gasteiger partial charge in [0, 0.05) is 5.39 Å². The number of hydrogen-bond donors (Lipinski definition) is 0. The minimum Gasteiger partial charge on any atom is -0.467 e. The minimum absolute atomic E-state index is 0.833. The Morgan fingerprint density at radius 1 is 1.25 bits per heavy atom. The second-order valence-electron chi connectivity index (χ2n) is 3.00. The summed E-state index contributed by atoms with van der Waals surface area (Å²) in [5.74, 6) is 0. The molecule has 2 heteroatoms. The SMILES string of the molecule is Cc1cccc2oc([Si])c(C)c12. The van der Waals surface area contributed by atoms with Crippen molar-refractivity contribution >= 4 is 26.6 Å². The first-order valence-electron chi connectivity index (χ1n) is 3.90. The smallest absolute Gasteiger partial charge is 0.134 e. The first-order chi connectivity index (χ1) is 5.70. The zero-order valence-corrected chi connectivity index (χ0v) is 8.14. The van der Waals surface area contributed by atoms with Crippen LogP contribution in [0.15, 0.2) is 22.6 Å². The second kappa shape index (κ2) is 2.49. The van der Waals surface area contributed by atoms with Crippen molar-refractivity contribution in [3.05, 3.63) is 29.3 Å². The van der Waals surface area contributed by atoms with Crippen LogP contribution in [0.4, 0.5) is 0 Å². The average molecular weight is 173 g/mol. The molecular weight excluding hydrogens is 164 g/mol. The van der Waals surface area contributed by atoms with Gasteiger partial charge in [0.15, 0.2) is 0 Å². The zero-order valence-electron chi connectivity index (χ0n) is 7.14. The molecule has 0 N–H and O–H groups in total. The van der Waals surface area contributed by atoms with E-state index in [0.29, 0.717) is 0 Å². The number of hydrogen-bond acceptors (Lipinski definition) is 1. The Labute approximate surface area is 74.8 Å². The summed E-state index contributed by atoms with van der Waals surface area (Å²) >= 11 is 0. The molecule has 0 aliphatic carbocycles. The molecular formula is C10H9OSi. The number of aryl methyl sites for hydroxylation is 2. The van der Waals surface area contributed by atoms with Crippen molar-refractivity contribution in [2.45, 2.75) is 13.8 Å². The van der Waals surface area contributed by atoms with Gasteiger partial charge < -0.3 is 4.42 Å². The highest BCUT2D eigenvalue weighted by atomic mass is 28.1. The summed E-state index contributed by atoms with van der Waals surface area (Å²) in [6.07, 6.45) is 0. The first-order valence-corrected chi connectivity index (χ1v) is 4.40. The minimum atomic E-state index is 0.833.